The highest BCUT2D eigenvalue weighted by Crippen LogP contribution is 2.19. The van der Waals surface area contributed by atoms with Gasteiger partial charge in [0.25, 0.3) is 5.91 Å². The first-order valence-electron chi connectivity index (χ1n) is 6.17. The van der Waals surface area contributed by atoms with Gasteiger partial charge in [0.05, 0.1) is 0 Å². The number of carbonyl (C=O) groups excluding carboxylic acids is 1. The van der Waals surface area contributed by atoms with Gasteiger partial charge < -0.3 is 4.90 Å². The highest BCUT2D eigenvalue weighted by Gasteiger charge is 2.20. The van der Waals surface area contributed by atoms with Crippen molar-refractivity contribution in [2.24, 2.45) is 0 Å². The van der Waals surface area contributed by atoms with Gasteiger partial charge in [0.1, 0.15) is 0 Å². The molecular weight excluding hydrogens is 222 g/mol. The van der Waals surface area contributed by atoms with E-state index in [9.17, 15) is 4.79 Å². The molecule has 1 aliphatic heterocycles. The summed E-state index contributed by atoms with van der Waals surface area (Å²) in [6, 6.07) is 18.6. The van der Waals surface area contributed by atoms with E-state index in [2.05, 4.69) is 12.1 Å². The average Bonchev–Trinajstić information content (AvgIpc) is 2.47. The van der Waals surface area contributed by atoms with Crippen LogP contribution < -0.4 is 0 Å². The van der Waals surface area contributed by atoms with E-state index in [0.717, 1.165) is 18.5 Å². The molecule has 0 saturated heterocycles. The maximum atomic E-state index is 12.3. The third kappa shape index (κ3) is 2.02. The lowest BCUT2D eigenvalue weighted by Crippen LogP contribution is -2.35. The predicted molar refractivity (Wildman–Crippen MR) is 70.2 cm³/mol. The molecule has 89 valence electrons. The molecule has 2 aromatic carbocycles. The third-order valence-electron chi connectivity index (χ3n) is 3.37. The lowest BCUT2D eigenvalue weighted by atomic mass is 9.99. The first-order chi connectivity index (χ1) is 8.84. The Morgan fingerprint density at radius 2 is 1.94 bits per heavy atom. The summed E-state index contributed by atoms with van der Waals surface area (Å²) in [5.74, 6) is 0.120. The summed E-state index contributed by atoms with van der Waals surface area (Å²) < 4.78 is 0. The number of benzene rings is 2. The minimum Gasteiger partial charge on any atom is -0.334 e. The van der Waals surface area contributed by atoms with Gasteiger partial charge in [-0.1, -0.05) is 36.4 Å². The maximum Gasteiger partial charge on any atom is 0.254 e. The van der Waals surface area contributed by atoms with E-state index in [4.69, 9.17) is 0 Å². The summed E-state index contributed by atoms with van der Waals surface area (Å²) >= 11 is 0. The molecule has 2 nitrogen and oxygen atoms in total. The minimum atomic E-state index is 0.120. The Hall–Kier alpha value is -2.09. The van der Waals surface area contributed by atoms with Gasteiger partial charge in [0.15, 0.2) is 0 Å². The van der Waals surface area contributed by atoms with Crippen molar-refractivity contribution >= 4 is 5.91 Å². The van der Waals surface area contributed by atoms with E-state index in [1.54, 1.807) is 0 Å². The molecule has 0 aliphatic carbocycles. The van der Waals surface area contributed by atoms with E-state index in [0.29, 0.717) is 6.54 Å². The van der Waals surface area contributed by atoms with E-state index in [1.165, 1.54) is 11.1 Å². The average molecular weight is 236 g/mol. The van der Waals surface area contributed by atoms with Gasteiger partial charge >= 0.3 is 0 Å². The monoisotopic (exact) mass is 236 g/mol. The van der Waals surface area contributed by atoms with Crippen molar-refractivity contribution in [2.45, 2.75) is 13.0 Å². The number of carbonyl (C=O) groups is 1. The Labute approximate surface area is 107 Å². The Morgan fingerprint density at radius 1 is 1.11 bits per heavy atom. The summed E-state index contributed by atoms with van der Waals surface area (Å²) in [4.78, 5) is 14.2. The molecular formula is C16H14NO. The quantitative estimate of drug-likeness (QED) is 0.745. The van der Waals surface area contributed by atoms with Crippen molar-refractivity contribution in [1.82, 2.24) is 4.90 Å². The second-order valence-corrected chi connectivity index (χ2v) is 4.54. The van der Waals surface area contributed by atoms with Crippen LogP contribution in [0, 0.1) is 6.07 Å². The van der Waals surface area contributed by atoms with Crippen molar-refractivity contribution in [1.29, 1.82) is 0 Å². The molecule has 0 unspecified atom stereocenters. The van der Waals surface area contributed by atoms with Gasteiger partial charge in [-0.25, -0.2) is 0 Å². The predicted octanol–water partition coefficient (Wildman–Crippen LogP) is 2.69. The van der Waals surface area contributed by atoms with E-state index < -0.39 is 0 Å². The molecule has 1 radical (unpaired) electrons. The Bertz CT molecular complexity index is 562. The largest absolute Gasteiger partial charge is 0.334 e. The number of nitrogens with zero attached hydrogens (tertiary/aromatic N) is 1. The van der Waals surface area contributed by atoms with Crippen LogP contribution in [-0.2, 0) is 13.0 Å². The van der Waals surface area contributed by atoms with Crippen LogP contribution in [0.1, 0.15) is 21.5 Å². The van der Waals surface area contributed by atoms with Crippen LogP contribution >= 0.6 is 0 Å². The van der Waals surface area contributed by atoms with Crippen molar-refractivity contribution in [3.8, 4) is 0 Å². The highest BCUT2D eigenvalue weighted by molar-refractivity contribution is 5.94. The van der Waals surface area contributed by atoms with Crippen molar-refractivity contribution in [3.05, 3.63) is 71.3 Å². The van der Waals surface area contributed by atoms with Crippen molar-refractivity contribution < 1.29 is 4.79 Å². The van der Waals surface area contributed by atoms with Gasteiger partial charge in [0, 0.05) is 18.7 Å². The standard InChI is InChI=1S/C16H14NO/c18-16(14-7-2-1-3-8-14)17-11-10-13-6-4-5-9-15(13)12-17/h1-3,5-9H,10-12H2. The molecule has 1 amide bonds. The zero-order chi connectivity index (χ0) is 12.4. The molecule has 2 heteroatoms. The van der Waals surface area contributed by atoms with Crippen LogP contribution in [-0.4, -0.2) is 17.4 Å². The lowest BCUT2D eigenvalue weighted by molar-refractivity contribution is 0.0734. The summed E-state index contributed by atoms with van der Waals surface area (Å²) in [6.45, 7) is 1.50. The van der Waals surface area contributed by atoms with Crippen molar-refractivity contribution in [2.75, 3.05) is 6.54 Å². The number of fused-ring (bicyclic) bond motifs is 1. The molecule has 0 spiro atoms. The lowest BCUT2D eigenvalue weighted by Gasteiger charge is -2.28. The molecule has 0 fully saturated rings. The molecule has 2 aromatic rings. The molecule has 0 N–H and O–H groups in total. The van der Waals surface area contributed by atoms with Crippen molar-refractivity contribution in [3.63, 3.8) is 0 Å². The second kappa shape index (κ2) is 4.65. The Morgan fingerprint density at radius 3 is 2.78 bits per heavy atom. The molecule has 0 aromatic heterocycles. The molecule has 0 saturated carbocycles. The number of rotatable bonds is 1. The fourth-order valence-corrected chi connectivity index (χ4v) is 2.36. The molecule has 0 atom stereocenters. The Kier molecular flexibility index (Phi) is 2.85. The number of hydrogen-bond acceptors (Lipinski definition) is 1. The van der Waals surface area contributed by atoms with Gasteiger partial charge in [-0.05, 0) is 35.7 Å². The van der Waals surface area contributed by atoms with Gasteiger partial charge in [-0.15, -0.1) is 0 Å². The molecule has 0 bridgehead atoms. The number of hydrogen-bond donors (Lipinski definition) is 0. The normalized spacial score (nSPS) is 14.1. The van der Waals surface area contributed by atoms with E-state index in [-0.39, 0.29) is 5.91 Å². The molecule has 3 rings (SSSR count). The summed E-state index contributed by atoms with van der Waals surface area (Å²) in [5, 5.41) is 0. The molecule has 1 heterocycles. The van der Waals surface area contributed by atoms with Crippen LogP contribution in [0.25, 0.3) is 0 Å². The molecule has 1 aliphatic rings. The maximum absolute atomic E-state index is 12.3. The third-order valence-corrected chi connectivity index (χ3v) is 3.37. The first kappa shape index (κ1) is 11.0. The smallest absolute Gasteiger partial charge is 0.254 e. The summed E-state index contributed by atoms with van der Waals surface area (Å²) in [5.41, 5.74) is 3.32. The minimum absolute atomic E-state index is 0.120. The first-order valence-corrected chi connectivity index (χ1v) is 6.17. The highest BCUT2D eigenvalue weighted by atomic mass is 16.2. The summed E-state index contributed by atoms with van der Waals surface area (Å²) in [7, 11) is 0. The Balaban J connectivity index is 1.82. The van der Waals surface area contributed by atoms with Crippen LogP contribution in [0.5, 0.6) is 0 Å². The topological polar surface area (TPSA) is 20.3 Å². The zero-order valence-electron chi connectivity index (χ0n) is 10.1. The van der Waals surface area contributed by atoms with Gasteiger partial charge in [-0.2, -0.15) is 0 Å². The zero-order valence-corrected chi connectivity index (χ0v) is 10.1. The van der Waals surface area contributed by atoms with Crippen LogP contribution in [0.3, 0.4) is 0 Å². The molecule has 18 heavy (non-hydrogen) atoms. The van der Waals surface area contributed by atoms with Crippen LogP contribution in [0.15, 0.2) is 48.5 Å². The summed E-state index contributed by atoms with van der Waals surface area (Å²) in [6.07, 6.45) is 0.922. The fraction of sp³-hybridized carbons (Fsp3) is 0.188. The van der Waals surface area contributed by atoms with Crippen LogP contribution in [0.4, 0.5) is 0 Å². The fourth-order valence-electron chi connectivity index (χ4n) is 2.36. The van der Waals surface area contributed by atoms with Gasteiger partial charge in [0.2, 0.25) is 0 Å². The van der Waals surface area contributed by atoms with E-state index >= 15 is 0 Å². The number of amides is 1. The van der Waals surface area contributed by atoms with Gasteiger partial charge in [-0.3, -0.25) is 4.79 Å². The second-order valence-electron chi connectivity index (χ2n) is 4.54. The SMILES string of the molecule is O=C(c1ccccc1)N1CCc2c[c]ccc2C1. The van der Waals surface area contributed by atoms with Crippen LogP contribution in [0.2, 0.25) is 0 Å². The van der Waals surface area contributed by atoms with E-state index in [1.807, 2.05) is 47.4 Å².